The summed E-state index contributed by atoms with van der Waals surface area (Å²) in [5, 5.41) is 4.11. The average Bonchev–Trinajstić information content (AvgIpc) is 3.24. The first kappa shape index (κ1) is 18.7. The van der Waals surface area contributed by atoms with Gasteiger partial charge in [0, 0.05) is 39.9 Å². The minimum absolute atomic E-state index is 0.192. The Morgan fingerprint density at radius 2 is 2.19 bits per heavy atom. The molecule has 4 rings (SSSR count). The number of carbonyl (C=O) groups is 1. The van der Waals surface area contributed by atoms with Crippen LogP contribution in [-0.2, 0) is 0 Å². The summed E-state index contributed by atoms with van der Waals surface area (Å²) in [4.78, 5) is 15.3. The van der Waals surface area contributed by atoms with Crippen LogP contribution in [0.2, 0.25) is 5.02 Å². The van der Waals surface area contributed by atoms with Gasteiger partial charge in [0.2, 0.25) is 0 Å². The third-order valence-electron chi connectivity index (χ3n) is 4.81. The van der Waals surface area contributed by atoms with E-state index < -0.39 is 0 Å². The molecule has 2 heterocycles. The number of anilines is 1. The molecule has 1 aliphatic rings. The SMILES string of the molecule is O=C(NCC1CCN(c2cccc(Br)c2)C1)c1sc2cc(F)ccc2c1Cl. The van der Waals surface area contributed by atoms with Gasteiger partial charge in [0.15, 0.2) is 0 Å². The van der Waals surface area contributed by atoms with Crippen molar-refractivity contribution in [3.63, 3.8) is 0 Å². The van der Waals surface area contributed by atoms with Gasteiger partial charge in [0.05, 0.1) is 5.02 Å². The summed E-state index contributed by atoms with van der Waals surface area (Å²) in [6.07, 6.45) is 1.03. The Kier molecular flexibility index (Phi) is 5.39. The molecule has 1 unspecified atom stereocenters. The lowest BCUT2D eigenvalue weighted by atomic mass is 10.1. The van der Waals surface area contributed by atoms with Crippen LogP contribution in [0, 0.1) is 11.7 Å². The Morgan fingerprint density at radius 1 is 1.33 bits per heavy atom. The highest BCUT2D eigenvalue weighted by molar-refractivity contribution is 9.10. The van der Waals surface area contributed by atoms with Crippen LogP contribution in [0.5, 0.6) is 0 Å². The van der Waals surface area contributed by atoms with E-state index in [1.165, 1.54) is 29.2 Å². The van der Waals surface area contributed by atoms with Crippen LogP contribution in [0.25, 0.3) is 10.1 Å². The first-order valence-corrected chi connectivity index (χ1v) is 10.7. The largest absolute Gasteiger partial charge is 0.371 e. The average molecular weight is 468 g/mol. The maximum Gasteiger partial charge on any atom is 0.262 e. The number of benzene rings is 2. The van der Waals surface area contributed by atoms with Crippen molar-refractivity contribution < 1.29 is 9.18 Å². The molecule has 0 aliphatic carbocycles. The van der Waals surface area contributed by atoms with Gasteiger partial charge < -0.3 is 10.2 Å². The van der Waals surface area contributed by atoms with Crippen molar-refractivity contribution in [1.29, 1.82) is 0 Å². The molecular weight excluding hydrogens is 451 g/mol. The molecule has 3 nitrogen and oxygen atoms in total. The number of thiophene rings is 1. The van der Waals surface area contributed by atoms with E-state index in [-0.39, 0.29) is 11.7 Å². The first-order valence-electron chi connectivity index (χ1n) is 8.67. The Morgan fingerprint density at radius 3 is 3.00 bits per heavy atom. The first-order chi connectivity index (χ1) is 13.0. The molecule has 1 amide bonds. The second kappa shape index (κ2) is 7.78. The third-order valence-corrected chi connectivity index (χ3v) is 6.96. The molecule has 7 heteroatoms. The van der Waals surface area contributed by atoms with Crippen LogP contribution >= 0.6 is 38.9 Å². The van der Waals surface area contributed by atoms with Crippen LogP contribution < -0.4 is 10.2 Å². The normalized spacial score (nSPS) is 16.9. The number of rotatable bonds is 4. The number of amides is 1. The number of hydrogen-bond acceptors (Lipinski definition) is 3. The van der Waals surface area contributed by atoms with E-state index in [1.807, 2.05) is 12.1 Å². The molecule has 0 spiro atoms. The lowest BCUT2D eigenvalue weighted by Gasteiger charge is -2.19. The highest BCUT2D eigenvalue weighted by atomic mass is 79.9. The zero-order chi connectivity index (χ0) is 19.0. The highest BCUT2D eigenvalue weighted by Crippen LogP contribution is 2.35. The zero-order valence-corrected chi connectivity index (χ0v) is 17.5. The highest BCUT2D eigenvalue weighted by Gasteiger charge is 2.24. The lowest BCUT2D eigenvalue weighted by molar-refractivity contribution is 0.0952. The van der Waals surface area contributed by atoms with Crippen molar-refractivity contribution in [1.82, 2.24) is 5.32 Å². The molecule has 1 fully saturated rings. The van der Waals surface area contributed by atoms with Crippen molar-refractivity contribution in [2.75, 3.05) is 24.5 Å². The number of carbonyl (C=O) groups excluding carboxylic acids is 1. The maximum atomic E-state index is 13.4. The molecular formula is C20H17BrClFN2OS. The van der Waals surface area contributed by atoms with Crippen molar-refractivity contribution in [2.45, 2.75) is 6.42 Å². The molecule has 27 heavy (non-hydrogen) atoms. The lowest BCUT2D eigenvalue weighted by Crippen LogP contribution is -2.30. The topological polar surface area (TPSA) is 32.3 Å². The smallest absolute Gasteiger partial charge is 0.262 e. The Labute approximate surface area is 174 Å². The third kappa shape index (κ3) is 3.98. The number of fused-ring (bicyclic) bond motifs is 1. The standard InChI is InChI=1S/C20H17BrClFN2OS/c21-13-2-1-3-15(8-13)25-7-6-12(11-25)10-24-20(26)19-18(22)16-5-4-14(23)9-17(16)27-19/h1-5,8-9,12H,6-7,10-11H2,(H,24,26). The van der Waals surface area contributed by atoms with Gasteiger partial charge in [-0.1, -0.05) is 33.6 Å². The van der Waals surface area contributed by atoms with Crippen LogP contribution in [0.4, 0.5) is 10.1 Å². The van der Waals surface area contributed by atoms with E-state index in [4.69, 9.17) is 11.6 Å². The van der Waals surface area contributed by atoms with Crippen LogP contribution in [0.3, 0.4) is 0 Å². The molecule has 0 bridgehead atoms. The van der Waals surface area contributed by atoms with Gasteiger partial charge >= 0.3 is 0 Å². The van der Waals surface area contributed by atoms with Crippen molar-refractivity contribution in [2.24, 2.45) is 5.92 Å². The van der Waals surface area contributed by atoms with Gasteiger partial charge in [-0.3, -0.25) is 4.79 Å². The van der Waals surface area contributed by atoms with E-state index in [1.54, 1.807) is 6.07 Å². The van der Waals surface area contributed by atoms with E-state index >= 15 is 0 Å². The minimum Gasteiger partial charge on any atom is -0.371 e. The van der Waals surface area contributed by atoms with Crippen LogP contribution in [0.15, 0.2) is 46.9 Å². The van der Waals surface area contributed by atoms with Gasteiger partial charge in [-0.15, -0.1) is 11.3 Å². The molecule has 2 aromatic carbocycles. The summed E-state index contributed by atoms with van der Waals surface area (Å²) < 4.78 is 15.1. The summed E-state index contributed by atoms with van der Waals surface area (Å²) in [5.41, 5.74) is 1.19. The predicted octanol–water partition coefficient (Wildman–Crippen LogP) is 5.71. The van der Waals surface area contributed by atoms with Gasteiger partial charge in [-0.05, 0) is 48.7 Å². The second-order valence-corrected chi connectivity index (χ2v) is 9.02. The Hall–Kier alpha value is -1.63. The molecule has 1 atom stereocenters. The summed E-state index contributed by atoms with van der Waals surface area (Å²) in [6.45, 7) is 2.48. The molecule has 0 saturated carbocycles. The van der Waals surface area contributed by atoms with E-state index in [0.29, 0.717) is 27.1 Å². The Bertz CT molecular complexity index is 1010. The monoisotopic (exact) mass is 466 g/mol. The minimum atomic E-state index is -0.328. The number of nitrogens with one attached hydrogen (secondary N) is 1. The van der Waals surface area contributed by atoms with Crippen LogP contribution in [-0.4, -0.2) is 25.5 Å². The number of nitrogens with zero attached hydrogens (tertiary/aromatic N) is 1. The van der Waals surface area contributed by atoms with E-state index in [9.17, 15) is 9.18 Å². The van der Waals surface area contributed by atoms with Gasteiger partial charge in [0.1, 0.15) is 10.7 Å². The Balaban J connectivity index is 1.39. The maximum absolute atomic E-state index is 13.4. The van der Waals surface area contributed by atoms with Crippen molar-refractivity contribution in [3.8, 4) is 0 Å². The van der Waals surface area contributed by atoms with Crippen molar-refractivity contribution >= 4 is 60.5 Å². The summed E-state index contributed by atoms with van der Waals surface area (Å²) in [7, 11) is 0. The quantitative estimate of drug-likeness (QED) is 0.533. The molecule has 0 radical (unpaired) electrons. The number of hydrogen-bond donors (Lipinski definition) is 1. The van der Waals surface area contributed by atoms with Gasteiger partial charge in [-0.2, -0.15) is 0 Å². The molecule has 1 N–H and O–H groups in total. The van der Waals surface area contributed by atoms with Gasteiger partial charge in [0.25, 0.3) is 5.91 Å². The molecule has 1 saturated heterocycles. The van der Waals surface area contributed by atoms with Crippen LogP contribution in [0.1, 0.15) is 16.1 Å². The summed E-state index contributed by atoms with van der Waals surface area (Å²) >= 11 is 11.1. The second-order valence-electron chi connectivity index (χ2n) is 6.68. The fraction of sp³-hybridized carbons (Fsp3) is 0.250. The van der Waals surface area contributed by atoms with E-state index in [2.05, 4.69) is 38.3 Å². The molecule has 1 aliphatic heterocycles. The number of halogens is 3. The fourth-order valence-corrected chi connectivity index (χ4v) is 5.25. The fourth-order valence-electron chi connectivity index (χ4n) is 3.41. The summed E-state index contributed by atoms with van der Waals surface area (Å²) in [6, 6.07) is 12.6. The molecule has 1 aromatic heterocycles. The van der Waals surface area contributed by atoms with Crippen molar-refractivity contribution in [3.05, 3.63) is 62.7 Å². The predicted molar refractivity (Wildman–Crippen MR) is 114 cm³/mol. The van der Waals surface area contributed by atoms with E-state index in [0.717, 1.165) is 29.4 Å². The van der Waals surface area contributed by atoms with Gasteiger partial charge in [-0.25, -0.2) is 4.39 Å². The molecule has 140 valence electrons. The zero-order valence-electron chi connectivity index (χ0n) is 14.3. The summed E-state index contributed by atoms with van der Waals surface area (Å²) in [5.74, 6) is -0.132. The molecule has 3 aromatic rings.